The van der Waals surface area contributed by atoms with Crippen LogP contribution in [0.25, 0.3) is 0 Å². The molecule has 1 aromatic carbocycles. The molecule has 0 spiro atoms. The molecule has 126 valence electrons. The van der Waals surface area contributed by atoms with E-state index in [1.165, 1.54) is 11.1 Å². The first-order valence-corrected chi connectivity index (χ1v) is 9.36. The Kier molecular flexibility index (Phi) is 7.27. The Morgan fingerprint density at radius 2 is 1.23 bits per heavy atom. The highest BCUT2D eigenvalue weighted by Crippen LogP contribution is 2.40. The molecule has 0 saturated heterocycles. The molecule has 0 amide bonds. The Hall–Kier alpha value is -0.200. The molecule has 1 rings (SSSR count). The number of alkyl halides is 2. The van der Waals surface area contributed by atoms with Gasteiger partial charge in [-0.25, -0.2) is 0 Å². The average Bonchev–Trinajstić information content (AvgIpc) is 2.46. The van der Waals surface area contributed by atoms with Gasteiger partial charge in [0.2, 0.25) is 0 Å². The van der Waals surface area contributed by atoms with Gasteiger partial charge in [-0.3, -0.25) is 0 Å². The fourth-order valence-corrected chi connectivity index (χ4v) is 3.76. The molecule has 0 aliphatic carbocycles. The fraction of sp³-hybridized carbons (Fsp3) is 0.700. The van der Waals surface area contributed by atoms with E-state index < -0.39 is 0 Å². The second-order valence-corrected chi connectivity index (χ2v) is 9.08. The molecule has 22 heavy (non-hydrogen) atoms. The maximum absolute atomic E-state index is 6.85. The van der Waals surface area contributed by atoms with Gasteiger partial charge in [-0.2, -0.15) is 0 Å². The lowest BCUT2D eigenvalue weighted by atomic mass is 9.84. The molecular weight excluding hydrogens is 311 g/mol. The van der Waals surface area contributed by atoms with E-state index in [4.69, 9.17) is 23.2 Å². The van der Waals surface area contributed by atoms with Crippen LogP contribution >= 0.6 is 23.2 Å². The second-order valence-electron chi connectivity index (χ2n) is 7.41. The highest BCUT2D eigenvalue weighted by atomic mass is 35.5. The first-order valence-electron chi connectivity index (χ1n) is 8.61. The molecule has 0 N–H and O–H groups in total. The smallest absolute Gasteiger partial charge is 0.0669 e. The number of rotatable bonds is 8. The molecule has 0 heterocycles. The zero-order valence-electron chi connectivity index (χ0n) is 15.0. The summed E-state index contributed by atoms with van der Waals surface area (Å²) in [6.45, 7) is 13.2. The molecule has 4 atom stereocenters. The van der Waals surface area contributed by atoms with Crippen molar-refractivity contribution in [3.63, 3.8) is 0 Å². The van der Waals surface area contributed by atoms with Crippen LogP contribution in [0.3, 0.4) is 0 Å². The normalized spacial score (nSPS) is 20.0. The van der Waals surface area contributed by atoms with Gasteiger partial charge in [-0.05, 0) is 49.7 Å². The van der Waals surface area contributed by atoms with Crippen molar-refractivity contribution >= 4 is 23.2 Å². The molecule has 2 heteroatoms. The SMILES string of the molecule is CCC(C)CC(C)(Cl)c1cccc(C(C)(Cl)CC(C)CC)c1. The number of benzene rings is 1. The van der Waals surface area contributed by atoms with Crippen LogP contribution in [0.15, 0.2) is 24.3 Å². The van der Waals surface area contributed by atoms with Gasteiger partial charge in [0.05, 0.1) is 9.75 Å². The summed E-state index contributed by atoms with van der Waals surface area (Å²) in [4.78, 5) is -0.649. The highest BCUT2D eigenvalue weighted by Gasteiger charge is 2.30. The molecule has 1 aromatic rings. The molecule has 0 fully saturated rings. The van der Waals surface area contributed by atoms with E-state index in [2.05, 4.69) is 65.8 Å². The van der Waals surface area contributed by atoms with E-state index in [1.807, 2.05) is 0 Å². The lowest BCUT2D eigenvalue weighted by Gasteiger charge is -2.30. The van der Waals surface area contributed by atoms with Crippen LogP contribution in [0.5, 0.6) is 0 Å². The fourth-order valence-electron chi connectivity index (χ4n) is 3.00. The van der Waals surface area contributed by atoms with Crippen LogP contribution in [-0.4, -0.2) is 0 Å². The van der Waals surface area contributed by atoms with Gasteiger partial charge in [-0.1, -0.05) is 64.8 Å². The quantitative estimate of drug-likeness (QED) is 0.430. The van der Waals surface area contributed by atoms with Gasteiger partial charge in [-0.15, -0.1) is 23.2 Å². The standard InChI is InChI=1S/C20H32Cl2/c1-7-15(3)13-19(5,21)17-10-9-11-18(12-17)20(6,22)14-16(4)8-2/h9-12,15-16H,7-8,13-14H2,1-6H3. The lowest BCUT2D eigenvalue weighted by Crippen LogP contribution is -2.21. The summed E-state index contributed by atoms with van der Waals surface area (Å²) in [6.07, 6.45) is 4.28. The second kappa shape index (κ2) is 8.06. The van der Waals surface area contributed by atoms with Crippen molar-refractivity contribution in [2.24, 2.45) is 11.8 Å². The summed E-state index contributed by atoms with van der Waals surface area (Å²) in [6, 6.07) is 8.58. The van der Waals surface area contributed by atoms with E-state index in [0.29, 0.717) is 11.8 Å². The van der Waals surface area contributed by atoms with Gasteiger partial charge >= 0.3 is 0 Å². The summed E-state index contributed by atoms with van der Waals surface area (Å²) in [5, 5.41) is 0. The van der Waals surface area contributed by atoms with E-state index >= 15 is 0 Å². The van der Waals surface area contributed by atoms with Gasteiger partial charge in [0.15, 0.2) is 0 Å². The molecule has 0 radical (unpaired) electrons. The van der Waals surface area contributed by atoms with Crippen molar-refractivity contribution in [2.75, 3.05) is 0 Å². The minimum absolute atomic E-state index is 0.325. The molecule has 0 aromatic heterocycles. The Balaban J connectivity index is 3.03. The van der Waals surface area contributed by atoms with Gasteiger partial charge < -0.3 is 0 Å². The monoisotopic (exact) mass is 342 g/mol. The largest absolute Gasteiger partial charge is 0.114 e. The van der Waals surface area contributed by atoms with Crippen molar-refractivity contribution in [1.82, 2.24) is 0 Å². The van der Waals surface area contributed by atoms with Crippen molar-refractivity contribution in [2.45, 2.75) is 77.0 Å². The highest BCUT2D eigenvalue weighted by molar-refractivity contribution is 6.24. The predicted octanol–water partition coefficient (Wildman–Crippen LogP) is 7.47. The maximum Gasteiger partial charge on any atom is 0.0669 e. The molecule has 0 nitrogen and oxygen atoms in total. The molecule has 0 saturated carbocycles. The van der Waals surface area contributed by atoms with E-state index in [0.717, 1.165) is 25.7 Å². The lowest BCUT2D eigenvalue weighted by molar-refractivity contribution is 0.432. The van der Waals surface area contributed by atoms with E-state index in [9.17, 15) is 0 Å². The number of hydrogen-bond acceptors (Lipinski definition) is 0. The summed E-state index contributed by atoms with van der Waals surface area (Å²) >= 11 is 13.7. The van der Waals surface area contributed by atoms with Crippen LogP contribution in [0.4, 0.5) is 0 Å². The minimum Gasteiger partial charge on any atom is -0.114 e. The Labute approximate surface area is 147 Å². The Morgan fingerprint density at radius 1 is 0.864 bits per heavy atom. The summed E-state index contributed by atoms with van der Waals surface area (Å²) in [5.41, 5.74) is 2.37. The van der Waals surface area contributed by atoms with E-state index in [-0.39, 0.29) is 9.75 Å². The van der Waals surface area contributed by atoms with Gasteiger partial charge in [0.1, 0.15) is 0 Å². The first-order chi connectivity index (χ1) is 10.1. The van der Waals surface area contributed by atoms with E-state index in [1.54, 1.807) is 0 Å². The third-order valence-electron chi connectivity index (χ3n) is 4.92. The van der Waals surface area contributed by atoms with Crippen LogP contribution < -0.4 is 0 Å². The van der Waals surface area contributed by atoms with Crippen molar-refractivity contribution in [3.05, 3.63) is 35.4 Å². The first kappa shape index (κ1) is 19.8. The Morgan fingerprint density at radius 3 is 1.55 bits per heavy atom. The van der Waals surface area contributed by atoms with Crippen LogP contribution in [-0.2, 0) is 9.75 Å². The van der Waals surface area contributed by atoms with Gasteiger partial charge in [0.25, 0.3) is 0 Å². The van der Waals surface area contributed by atoms with Crippen LogP contribution in [0, 0.1) is 11.8 Å². The van der Waals surface area contributed by atoms with Crippen LogP contribution in [0.2, 0.25) is 0 Å². The molecule has 0 aliphatic heterocycles. The maximum atomic E-state index is 6.85. The van der Waals surface area contributed by atoms with Gasteiger partial charge in [0, 0.05) is 0 Å². The average molecular weight is 343 g/mol. The van der Waals surface area contributed by atoms with Crippen molar-refractivity contribution < 1.29 is 0 Å². The summed E-state index contributed by atoms with van der Waals surface area (Å²) < 4.78 is 0. The summed E-state index contributed by atoms with van der Waals surface area (Å²) in [7, 11) is 0. The van der Waals surface area contributed by atoms with Crippen LogP contribution in [0.1, 0.15) is 78.4 Å². The van der Waals surface area contributed by atoms with Crippen molar-refractivity contribution in [1.29, 1.82) is 0 Å². The third-order valence-corrected chi connectivity index (χ3v) is 5.67. The third kappa shape index (κ3) is 5.46. The topological polar surface area (TPSA) is 0 Å². The molecular formula is C20H32Cl2. The predicted molar refractivity (Wildman–Crippen MR) is 101 cm³/mol. The molecule has 0 bridgehead atoms. The molecule has 0 aliphatic rings. The minimum atomic E-state index is -0.325. The Bertz CT molecular complexity index is 423. The number of halogens is 2. The summed E-state index contributed by atoms with van der Waals surface area (Å²) in [5.74, 6) is 1.24. The van der Waals surface area contributed by atoms with Crippen molar-refractivity contribution in [3.8, 4) is 0 Å². The zero-order valence-corrected chi connectivity index (χ0v) is 16.6. The number of hydrogen-bond donors (Lipinski definition) is 0. The molecule has 4 unspecified atom stereocenters. The zero-order chi connectivity index (χ0) is 17.0.